The molecule has 2 radical (unpaired) electrons. The third kappa shape index (κ3) is 5.23. The standard InChI is InChI=1S/C12H16O3Si/c1-13-12(14-2)16-15-10-6-9-11-7-4-3-5-8-11/h3-9,12H,10H2,1-2H3/b9-6+. The monoisotopic (exact) mass is 236 g/mol. The average Bonchev–Trinajstić information content (AvgIpc) is 2.35. The molecule has 0 aliphatic rings. The van der Waals surface area contributed by atoms with Crippen LogP contribution in [0.2, 0.25) is 0 Å². The van der Waals surface area contributed by atoms with Crippen LogP contribution in [0.4, 0.5) is 0 Å². The Bertz CT molecular complexity index is 296. The molecule has 0 aliphatic heterocycles. The van der Waals surface area contributed by atoms with Crippen LogP contribution in [-0.4, -0.2) is 36.5 Å². The molecule has 0 aliphatic carbocycles. The molecule has 0 N–H and O–H groups in total. The zero-order valence-electron chi connectivity index (χ0n) is 9.55. The SMILES string of the molecule is COC(OC)[Si]OC/C=C/c1ccccc1. The van der Waals surface area contributed by atoms with Gasteiger partial charge in [0.25, 0.3) is 9.76 Å². The number of hydrogen-bond acceptors (Lipinski definition) is 3. The molecule has 1 aromatic carbocycles. The molecule has 1 aromatic rings. The van der Waals surface area contributed by atoms with E-state index in [1.54, 1.807) is 14.2 Å². The van der Waals surface area contributed by atoms with Crippen molar-refractivity contribution in [2.45, 2.75) is 5.91 Å². The van der Waals surface area contributed by atoms with Gasteiger partial charge in [-0.3, -0.25) is 0 Å². The van der Waals surface area contributed by atoms with Crippen molar-refractivity contribution in [3.63, 3.8) is 0 Å². The molecule has 16 heavy (non-hydrogen) atoms. The van der Waals surface area contributed by atoms with Gasteiger partial charge in [0, 0.05) is 14.2 Å². The van der Waals surface area contributed by atoms with Crippen molar-refractivity contribution in [2.24, 2.45) is 0 Å². The van der Waals surface area contributed by atoms with Crippen LogP contribution < -0.4 is 0 Å². The largest absolute Gasteiger partial charge is 0.409 e. The van der Waals surface area contributed by atoms with Crippen LogP contribution in [0, 0.1) is 0 Å². The quantitative estimate of drug-likeness (QED) is 0.411. The van der Waals surface area contributed by atoms with Crippen molar-refractivity contribution >= 4 is 15.8 Å². The van der Waals surface area contributed by atoms with Crippen LogP contribution in [0.5, 0.6) is 0 Å². The molecule has 0 saturated heterocycles. The van der Waals surface area contributed by atoms with Gasteiger partial charge in [-0.25, -0.2) is 0 Å². The van der Waals surface area contributed by atoms with E-state index in [-0.39, 0.29) is 15.7 Å². The summed E-state index contributed by atoms with van der Waals surface area (Å²) in [7, 11) is 3.40. The zero-order valence-corrected chi connectivity index (χ0v) is 10.6. The van der Waals surface area contributed by atoms with Gasteiger partial charge in [-0.1, -0.05) is 42.5 Å². The Labute approximate surface area is 99.0 Å². The van der Waals surface area contributed by atoms with E-state index >= 15 is 0 Å². The van der Waals surface area contributed by atoms with E-state index in [0.29, 0.717) is 6.61 Å². The van der Waals surface area contributed by atoms with Gasteiger partial charge in [-0.2, -0.15) is 0 Å². The molecule has 0 bridgehead atoms. The molecule has 0 unspecified atom stereocenters. The van der Waals surface area contributed by atoms with E-state index in [1.165, 1.54) is 5.56 Å². The number of ether oxygens (including phenoxy) is 2. The van der Waals surface area contributed by atoms with Gasteiger partial charge in [0.2, 0.25) is 0 Å². The summed E-state index contributed by atoms with van der Waals surface area (Å²) in [4.78, 5) is 0. The molecule has 0 spiro atoms. The molecule has 0 amide bonds. The summed E-state index contributed by atoms with van der Waals surface area (Å²) in [6.45, 7) is 0.566. The van der Waals surface area contributed by atoms with E-state index in [0.717, 1.165) is 0 Å². The predicted octanol–water partition coefficient (Wildman–Crippen LogP) is 1.91. The average molecular weight is 236 g/mol. The fourth-order valence-electron chi connectivity index (χ4n) is 1.11. The highest BCUT2D eigenvalue weighted by Crippen LogP contribution is 2.00. The van der Waals surface area contributed by atoms with Crippen LogP contribution in [0.15, 0.2) is 36.4 Å². The topological polar surface area (TPSA) is 27.7 Å². The summed E-state index contributed by atoms with van der Waals surface area (Å²) in [5.74, 6) is -0.259. The van der Waals surface area contributed by atoms with Crippen molar-refractivity contribution in [2.75, 3.05) is 20.8 Å². The van der Waals surface area contributed by atoms with E-state index < -0.39 is 0 Å². The van der Waals surface area contributed by atoms with E-state index in [4.69, 9.17) is 13.9 Å². The summed E-state index contributed by atoms with van der Waals surface area (Å²) >= 11 is 0. The molecule has 3 nitrogen and oxygen atoms in total. The smallest absolute Gasteiger partial charge is 0.299 e. The molecular weight excluding hydrogens is 220 g/mol. The second-order valence-electron chi connectivity index (χ2n) is 3.05. The zero-order chi connectivity index (χ0) is 11.6. The molecule has 0 atom stereocenters. The summed E-state index contributed by atoms with van der Waals surface area (Å²) in [6, 6.07) is 10.1. The van der Waals surface area contributed by atoms with E-state index in [1.807, 2.05) is 42.5 Å². The van der Waals surface area contributed by atoms with Crippen molar-refractivity contribution in [1.82, 2.24) is 0 Å². The fraction of sp³-hybridized carbons (Fsp3) is 0.333. The molecule has 4 heteroatoms. The molecule has 86 valence electrons. The Morgan fingerprint density at radius 2 is 1.88 bits per heavy atom. The molecular formula is C12H16O3Si. The lowest BCUT2D eigenvalue weighted by Crippen LogP contribution is -2.23. The van der Waals surface area contributed by atoms with Crippen LogP contribution in [0.3, 0.4) is 0 Å². The van der Waals surface area contributed by atoms with Crippen molar-refractivity contribution in [1.29, 1.82) is 0 Å². The van der Waals surface area contributed by atoms with Gasteiger partial charge in [-0.05, 0) is 5.56 Å². The molecule has 0 fully saturated rings. The first-order valence-electron chi connectivity index (χ1n) is 5.01. The number of rotatable bonds is 7. The molecule has 0 heterocycles. The molecule has 0 aromatic heterocycles. The normalized spacial score (nSPS) is 11.4. The maximum Gasteiger partial charge on any atom is 0.299 e. The third-order valence-electron chi connectivity index (χ3n) is 1.90. The maximum absolute atomic E-state index is 5.39. The Morgan fingerprint density at radius 3 is 2.50 bits per heavy atom. The highest BCUT2D eigenvalue weighted by Gasteiger charge is 2.06. The summed E-state index contributed by atoms with van der Waals surface area (Å²) in [5, 5.41) is 0. The lowest BCUT2D eigenvalue weighted by Gasteiger charge is -2.10. The van der Waals surface area contributed by atoms with Gasteiger partial charge < -0.3 is 13.9 Å². The van der Waals surface area contributed by atoms with E-state index in [2.05, 4.69) is 0 Å². The first-order valence-corrected chi connectivity index (χ1v) is 6.00. The molecule has 0 saturated carbocycles. The van der Waals surface area contributed by atoms with Gasteiger partial charge in [0.1, 0.15) is 0 Å². The summed E-state index contributed by atoms with van der Waals surface area (Å²) in [6.07, 6.45) is 4.00. The van der Waals surface area contributed by atoms with Gasteiger partial charge >= 0.3 is 0 Å². The first-order chi connectivity index (χ1) is 7.86. The lowest BCUT2D eigenvalue weighted by molar-refractivity contribution is -0.0521. The Morgan fingerprint density at radius 1 is 1.19 bits per heavy atom. The predicted molar refractivity (Wildman–Crippen MR) is 65.0 cm³/mol. The van der Waals surface area contributed by atoms with Gasteiger partial charge in [0.05, 0.1) is 6.61 Å². The third-order valence-corrected chi connectivity index (χ3v) is 2.89. The van der Waals surface area contributed by atoms with E-state index in [9.17, 15) is 0 Å². The fourth-order valence-corrected chi connectivity index (χ4v) is 1.63. The van der Waals surface area contributed by atoms with Gasteiger partial charge in [-0.15, -0.1) is 0 Å². The van der Waals surface area contributed by atoms with Crippen molar-refractivity contribution in [3.8, 4) is 0 Å². The second-order valence-corrected chi connectivity index (χ2v) is 4.04. The Balaban J connectivity index is 2.18. The minimum atomic E-state index is -0.259. The van der Waals surface area contributed by atoms with Crippen LogP contribution >= 0.6 is 0 Å². The highest BCUT2D eigenvalue weighted by molar-refractivity contribution is 6.28. The number of benzene rings is 1. The molecule has 1 rings (SSSR count). The summed E-state index contributed by atoms with van der Waals surface area (Å²) < 4.78 is 15.4. The summed E-state index contributed by atoms with van der Waals surface area (Å²) in [5.41, 5.74) is 1.17. The second kappa shape index (κ2) is 8.24. The minimum absolute atomic E-state index is 0.195. The first kappa shape index (κ1) is 13.1. The van der Waals surface area contributed by atoms with Crippen LogP contribution in [0.25, 0.3) is 6.08 Å². The number of methoxy groups -OCH3 is 2. The van der Waals surface area contributed by atoms with Gasteiger partial charge in [0.15, 0.2) is 5.91 Å². The van der Waals surface area contributed by atoms with Crippen LogP contribution in [-0.2, 0) is 13.9 Å². The van der Waals surface area contributed by atoms with Crippen molar-refractivity contribution < 1.29 is 13.9 Å². The maximum atomic E-state index is 5.39. The Kier molecular flexibility index (Phi) is 6.76. The Hall–Kier alpha value is -0.943. The lowest BCUT2D eigenvalue weighted by atomic mass is 10.2. The minimum Gasteiger partial charge on any atom is -0.409 e. The highest BCUT2D eigenvalue weighted by atomic mass is 28.2. The van der Waals surface area contributed by atoms with Crippen molar-refractivity contribution in [3.05, 3.63) is 42.0 Å². The number of hydrogen-bond donors (Lipinski definition) is 0. The van der Waals surface area contributed by atoms with Crippen LogP contribution in [0.1, 0.15) is 5.56 Å².